The van der Waals surface area contributed by atoms with Crippen LogP contribution < -0.4 is 0 Å². The van der Waals surface area contributed by atoms with E-state index in [0.717, 1.165) is 0 Å². The molecule has 22 heavy (non-hydrogen) atoms. The maximum atomic E-state index is 13.1. The zero-order valence-corrected chi connectivity index (χ0v) is 13.5. The highest BCUT2D eigenvalue weighted by atomic mass is 32.2. The van der Waals surface area contributed by atoms with Crippen molar-refractivity contribution in [3.63, 3.8) is 0 Å². The largest absolute Gasteiger partial charge is 0.487 e. The molecule has 0 amide bonds. The van der Waals surface area contributed by atoms with E-state index in [1.54, 1.807) is 13.8 Å². The van der Waals surface area contributed by atoms with Gasteiger partial charge in [-0.1, -0.05) is 27.0 Å². The van der Waals surface area contributed by atoms with E-state index in [0.29, 0.717) is 0 Å². The van der Waals surface area contributed by atoms with Crippen LogP contribution in [0.5, 0.6) is 0 Å². The van der Waals surface area contributed by atoms with E-state index >= 15 is 0 Å². The molecule has 0 aromatic carbocycles. The van der Waals surface area contributed by atoms with E-state index in [1.807, 2.05) is 0 Å². The summed E-state index contributed by atoms with van der Waals surface area (Å²) in [5.74, 6) is -1.08. The molecule has 0 aromatic rings. The molecular weight excluding hydrogens is 322 g/mol. The van der Waals surface area contributed by atoms with Crippen molar-refractivity contribution in [2.75, 3.05) is 6.61 Å². The Hall–Kier alpha value is -1.48. The van der Waals surface area contributed by atoms with Gasteiger partial charge < -0.3 is 9.47 Å². The summed E-state index contributed by atoms with van der Waals surface area (Å²) < 4.78 is 65.1. The van der Waals surface area contributed by atoms with Gasteiger partial charge in [0.25, 0.3) is 0 Å². The zero-order valence-electron chi connectivity index (χ0n) is 12.6. The average Bonchev–Trinajstić information content (AvgIpc) is 2.32. The topological polar surface area (TPSA) is 89.9 Å². The summed E-state index contributed by atoms with van der Waals surface area (Å²) in [4.78, 5) is 11.5. The molecule has 1 unspecified atom stereocenters. The molecule has 1 N–H and O–H groups in total. The number of ether oxygens (including phenoxy) is 2. The fourth-order valence-electron chi connectivity index (χ4n) is 1.25. The van der Waals surface area contributed by atoms with Crippen molar-refractivity contribution in [1.29, 1.82) is 0 Å². The van der Waals surface area contributed by atoms with E-state index in [-0.39, 0.29) is 23.7 Å². The van der Waals surface area contributed by atoms with Crippen LogP contribution in [0, 0.1) is 5.92 Å². The number of carbonyl (C=O) groups is 1. The summed E-state index contributed by atoms with van der Waals surface area (Å²) in [7, 11) is -5.60. The molecule has 0 aliphatic heterocycles. The van der Waals surface area contributed by atoms with Gasteiger partial charge in [-0.15, -0.1) is 0 Å². The Morgan fingerprint density at radius 1 is 1.32 bits per heavy atom. The van der Waals surface area contributed by atoms with Crippen molar-refractivity contribution in [3.05, 3.63) is 24.5 Å². The molecule has 0 spiro atoms. The van der Waals surface area contributed by atoms with Crippen LogP contribution in [0.25, 0.3) is 0 Å². The van der Waals surface area contributed by atoms with E-state index in [1.165, 1.54) is 6.92 Å². The Labute approximate surface area is 128 Å². The molecule has 0 heterocycles. The second-order valence-corrected chi connectivity index (χ2v) is 6.72. The normalized spacial score (nSPS) is 13.6. The third-order valence-electron chi connectivity index (χ3n) is 2.45. The fourth-order valence-corrected chi connectivity index (χ4v) is 1.46. The average molecular weight is 342 g/mol. The highest BCUT2D eigenvalue weighted by Gasteiger charge is 2.45. The number of halogens is 2. The molecule has 6 nitrogen and oxygen atoms in total. The Morgan fingerprint density at radius 2 is 1.82 bits per heavy atom. The number of esters is 1. The summed E-state index contributed by atoms with van der Waals surface area (Å²) in [6.07, 6.45) is -0.809. The predicted octanol–water partition coefficient (Wildman–Crippen LogP) is 2.53. The lowest BCUT2D eigenvalue weighted by atomic mass is 10.0. The number of alkyl halides is 2. The molecule has 0 aliphatic carbocycles. The van der Waals surface area contributed by atoms with Gasteiger partial charge in [0.2, 0.25) is 0 Å². The van der Waals surface area contributed by atoms with Gasteiger partial charge >= 0.3 is 21.3 Å². The summed E-state index contributed by atoms with van der Waals surface area (Å²) in [6, 6.07) is 0. The Bertz CT molecular complexity index is 539. The molecule has 0 bridgehead atoms. The summed E-state index contributed by atoms with van der Waals surface area (Å²) >= 11 is 0. The Morgan fingerprint density at radius 3 is 2.18 bits per heavy atom. The van der Waals surface area contributed by atoms with Gasteiger partial charge in [0.1, 0.15) is 5.76 Å². The van der Waals surface area contributed by atoms with Gasteiger partial charge in [-0.3, -0.25) is 4.55 Å². The van der Waals surface area contributed by atoms with E-state index in [4.69, 9.17) is 9.29 Å². The van der Waals surface area contributed by atoms with Gasteiger partial charge in [-0.25, -0.2) is 4.79 Å². The molecule has 9 heteroatoms. The van der Waals surface area contributed by atoms with Crippen molar-refractivity contribution in [2.24, 2.45) is 5.92 Å². The van der Waals surface area contributed by atoms with Crippen molar-refractivity contribution >= 4 is 16.1 Å². The van der Waals surface area contributed by atoms with Crippen LogP contribution in [0.15, 0.2) is 24.5 Å². The second-order valence-electron chi connectivity index (χ2n) is 5.17. The third kappa shape index (κ3) is 6.52. The minimum atomic E-state index is -5.60. The molecule has 0 fully saturated rings. The highest BCUT2D eigenvalue weighted by molar-refractivity contribution is 7.86. The summed E-state index contributed by atoms with van der Waals surface area (Å²) in [5, 5.41) is -4.49. The van der Waals surface area contributed by atoms with Gasteiger partial charge in [-0.05, 0) is 19.3 Å². The lowest BCUT2D eigenvalue weighted by molar-refractivity contribution is -0.145. The van der Waals surface area contributed by atoms with E-state index in [2.05, 4.69) is 17.9 Å². The molecule has 0 rings (SSSR count). The number of hydrogen-bond donors (Lipinski definition) is 1. The molecule has 0 saturated carbocycles. The zero-order chi connectivity index (χ0) is 17.7. The third-order valence-corrected chi connectivity index (χ3v) is 3.32. The van der Waals surface area contributed by atoms with Crippen LogP contribution in [0.2, 0.25) is 0 Å². The fraction of sp³-hybridized carbons (Fsp3) is 0.615. The minimum Gasteiger partial charge on any atom is -0.487 e. The van der Waals surface area contributed by atoms with Crippen LogP contribution in [0.4, 0.5) is 8.78 Å². The maximum Gasteiger partial charge on any atom is 0.402 e. The first-order chi connectivity index (χ1) is 9.78. The molecule has 1 atom stereocenters. The smallest absolute Gasteiger partial charge is 0.402 e. The van der Waals surface area contributed by atoms with E-state index < -0.39 is 34.1 Å². The SMILES string of the molecule is C=C(C)C(=O)OC(CC(C)C)C(=C)OCC(F)(F)S(=O)(=O)O. The second kappa shape index (κ2) is 7.68. The van der Waals surface area contributed by atoms with Crippen LogP contribution in [-0.2, 0) is 24.4 Å². The van der Waals surface area contributed by atoms with Crippen molar-refractivity contribution in [1.82, 2.24) is 0 Å². The lowest BCUT2D eigenvalue weighted by Gasteiger charge is -2.23. The molecule has 128 valence electrons. The number of hydrogen-bond acceptors (Lipinski definition) is 5. The molecular formula is C13H20F2O6S. The lowest BCUT2D eigenvalue weighted by Crippen LogP contribution is -2.35. The molecule has 0 aromatic heterocycles. The van der Waals surface area contributed by atoms with E-state index in [9.17, 15) is 22.0 Å². The van der Waals surface area contributed by atoms with Crippen LogP contribution in [0.3, 0.4) is 0 Å². The maximum absolute atomic E-state index is 13.1. The van der Waals surface area contributed by atoms with Gasteiger partial charge in [0, 0.05) is 5.57 Å². The van der Waals surface area contributed by atoms with Crippen molar-refractivity contribution in [3.8, 4) is 0 Å². The van der Waals surface area contributed by atoms with Gasteiger partial charge in [-0.2, -0.15) is 17.2 Å². The predicted molar refractivity (Wildman–Crippen MR) is 75.7 cm³/mol. The number of carbonyl (C=O) groups excluding carboxylic acids is 1. The van der Waals surface area contributed by atoms with Crippen LogP contribution in [-0.4, -0.2) is 36.9 Å². The molecule has 0 radical (unpaired) electrons. The first kappa shape index (κ1) is 20.5. The molecule has 0 saturated heterocycles. The summed E-state index contributed by atoms with van der Waals surface area (Å²) in [6.45, 7) is 10.1. The van der Waals surface area contributed by atoms with Crippen LogP contribution >= 0.6 is 0 Å². The first-order valence-corrected chi connectivity index (χ1v) is 7.75. The Kier molecular flexibility index (Phi) is 7.17. The van der Waals surface area contributed by atoms with Gasteiger partial charge in [0.15, 0.2) is 12.7 Å². The minimum absolute atomic E-state index is 0.0188. The highest BCUT2D eigenvalue weighted by Crippen LogP contribution is 2.24. The van der Waals surface area contributed by atoms with Crippen molar-refractivity contribution in [2.45, 2.75) is 38.6 Å². The van der Waals surface area contributed by atoms with Crippen LogP contribution in [0.1, 0.15) is 27.2 Å². The van der Waals surface area contributed by atoms with Crippen molar-refractivity contribution < 1.29 is 36.0 Å². The first-order valence-electron chi connectivity index (χ1n) is 6.31. The van der Waals surface area contributed by atoms with Gasteiger partial charge in [0.05, 0.1) is 0 Å². The summed E-state index contributed by atoms with van der Waals surface area (Å²) in [5.41, 5.74) is 0.102. The Balaban J connectivity index is 4.92. The molecule has 0 aliphatic rings. The standard InChI is InChI=1S/C13H20F2O6S/c1-8(2)6-11(21-12(16)9(3)4)10(5)20-7-13(14,15)22(17,18)19/h8,11H,3,5-7H2,1-2,4H3,(H,17,18,19). The monoisotopic (exact) mass is 342 g/mol. The quantitative estimate of drug-likeness (QED) is 0.300. The number of rotatable bonds is 9.